The number of imidazole rings is 1. The molecular formula is C13H18ClN3S. The monoisotopic (exact) mass is 283 g/mol. The number of aromatic nitrogens is 2. The van der Waals surface area contributed by atoms with E-state index in [2.05, 4.69) is 34.8 Å². The van der Waals surface area contributed by atoms with Gasteiger partial charge in [0.15, 0.2) is 0 Å². The lowest BCUT2D eigenvalue weighted by Gasteiger charge is -2.09. The number of thiophene rings is 1. The van der Waals surface area contributed by atoms with Gasteiger partial charge in [0.25, 0.3) is 0 Å². The molecule has 1 N–H and O–H groups in total. The Bertz CT molecular complexity index is 490. The van der Waals surface area contributed by atoms with Crippen LogP contribution in [0.2, 0.25) is 4.34 Å². The van der Waals surface area contributed by atoms with Crippen LogP contribution in [0.15, 0.2) is 24.5 Å². The van der Waals surface area contributed by atoms with Crippen LogP contribution in [0.1, 0.15) is 24.5 Å². The van der Waals surface area contributed by atoms with Crippen molar-refractivity contribution < 1.29 is 0 Å². The Kier molecular flexibility index (Phi) is 4.80. The number of nitrogens with one attached hydrogen (secondary N) is 1. The van der Waals surface area contributed by atoms with E-state index < -0.39 is 0 Å². The van der Waals surface area contributed by atoms with Crippen LogP contribution in [0.5, 0.6) is 0 Å². The highest BCUT2D eigenvalue weighted by Gasteiger charge is 2.05. The van der Waals surface area contributed by atoms with Crippen molar-refractivity contribution in [3.63, 3.8) is 0 Å². The van der Waals surface area contributed by atoms with Gasteiger partial charge in [0.1, 0.15) is 5.82 Å². The molecule has 0 saturated heterocycles. The van der Waals surface area contributed by atoms with Gasteiger partial charge in [-0.1, -0.05) is 25.4 Å². The van der Waals surface area contributed by atoms with Crippen LogP contribution >= 0.6 is 22.9 Å². The molecule has 2 aromatic rings. The highest BCUT2D eigenvalue weighted by molar-refractivity contribution is 7.16. The van der Waals surface area contributed by atoms with E-state index in [0.717, 1.165) is 29.8 Å². The molecule has 0 aliphatic heterocycles. The summed E-state index contributed by atoms with van der Waals surface area (Å²) in [5.41, 5.74) is 0. The molecule has 98 valence electrons. The summed E-state index contributed by atoms with van der Waals surface area (Å²) >= 11 is 7.56. The summed E-state index contributed by atoms with van der Waals surface area (Å²) in [5.74, 6) is 1.73. The lowest BCUT2D eigenvalue weighted by Crippen LogP contribution is -2.21. The summed E-state index contributed by atoms with van der Waals surface area (Å²) in [6.45, 7) is 7.07. The van der Waals surface area contributed by atoms with E-state index in [-0.39, 0.29) is 0 Å². The van der Waals surface area contributed by atoms with Crippen molar-refractivity contribution in [1.82, 2.24) is 14.9 Å². The predicted molar refractivity (Wildman–Crippen MR) is 77.2 cm³/mol. The first-order valence-corrected chi connectivity index (χ1v) is 7.29. The average molecular weight is 284 g/mol. The zero-order chi connectivity index (χ0) is 13.0. The molecule has 0 radical (unpaired) electrons. The van der Waals surface area contributed by atoms with Gasteiger partial charge in [0.2, 0.25) is 0 Å². The molecular weight excluding hydrogens is 266 g/mol. The molecule has 0 aromatic carbocycles. The second-order valence-corrected chi connectivity index (χ2v) is 6.50. The standard InChI is InChI=1S/C13H18ClN3S/c1-10(2)7-15-8-13-16-5-6-17(13)9-11-3-4-12(14)18-11/h3-6,10,15H,7-9H2,1-2H3. The number of rotatable bonds is 6. The average Bonchev–Trinajstić information content (AvgIpc) is 2.89. The number of halogens is 1. The lowest BCUT2D eigenvalue weighted by molar-refractivity contribution is 0.533. The summed E-state index contributed by atoms with van der Waals surface area (Å²) < 4.78 is 3.00. The fraction of sp³-hybridized carbons (Fsp3) is 0.462. The highest BCUT2D eigenvalue weighted by atomic mass is 35.5. The Morgan fingerprint density at radius 1 is 1.44 bits per heavy atom. The summed E-state index contributed by atoms with van der Waals surface area (Å²) in [5, 5.41) is 3.41. The molecule has 0 bridgehead atoms. The van der Waals surface area contributed by atoms with Crippen molar-refractivity contribution in [2.24, 2.45) is 5.92 Å². The first-order chi connectivity index (χ1) is 8.65. The molecule has 0 atom stereocenters. The Labute approximate surface area is 117 Å². The van der Waals surface area contributed by atoms with Gasteiger partial charge in [-0.15, -0.1) is 11.3 Å². The zero-order valence-electron chi connectivity index (χ0n) is 10.7. The van der Waals surface area contributed by atoms with Gasteiger partial charge in [-0.2, -0.15) is 0 Å². The molecule has 0 spiro atoms. The van der Waals surface area contributed by atoms with Gasteiger partial charge in [0, 0.05) is 17.3 Å². The van der Waals surface area contributed by atoms with Crippen LogP contribution in [0, 0.1) is 5.92 Å². The molecule has 2 rings (SSSR count). The maximum absolute atomic E-state index is 5.94. The molecule has 0 aliphatic rings. The Morgan fingerprint density at radius 2 is 2.28 bits per heavy atom. The van der Waals surface area contributed by atoms with Crippen molar-refractivity contribution in [2.75, 3.05) is 6.54 Å². The lowest BCUT2D eigenvalue weighted by atomic mass is 10.2. The van der Waals surface area contributed by atoms with Crippen molar-refractivity contribution in [2.45, 2.75) is 26.9 Å². The number of hydrogen-bond acceptors (Lipinski definition) is 3. The first kappa shape index (κ1) is 13.6. The Hall–Kier alpha value is -0.840. The molecule has 3 nitrogen and oxygen atoms in total. The van der Waals surface area contributed by atoms with E-state index in [1.54, 1.807) is 11.3 Å². The van der Waals surface area contributed by atoms with Crippen LogP contribution in [-0.4, -0.2) is 16.1 Å². The Morgan fingerprint density at radius 3 is 2.94 bits per heavy atom. The first-order valence-electron chi connectivity index (χ1n) is 6.10. The van der Waals surface area contributed by atoms with Crippen molar-refractivity contribution in [1.29, 1.82) is 0 Å². The normalized spacial score (nSPS) is 11.3. The number of nitrogens with zero attached hydrogens (tertiary/aromatic N) is 2. The second kappa shape index (κ2) is 6.36. The van der Waals surface area contributed by atoms with Crippen LogP contribution in [0.3, 0.4) is 0 Å². The van der Waals surface area contributed by atoms with E-state index in [9.17, 15) is 0 Å². The number of hydrogen-bond donors (Lipinski definition) is 1. The van der Waals surface area contributed by atoms with Gasteiger partial charge in [0.05, 0.1) is 17.4 Å². The maximum Gasteiger partial charge on any atom is 0.122 e. The second-order valence-electron chi connectivity index (χ2n) is 4.70. The summed E-state index contributed by atoms with van der Waals surface area (Å²) in [7, 11) is 0. The maximum atomic E-state index is 5.94. The van der Waals surface area contributed by atoms with Gasteiger partial charge in [-0.3, -0.25) is 0 Å². The molecule has 0 fully saturated rings. The van der Waals surface area contributed by atoms with E-state index in [1.807, 2.05) is 18.5 Å². The predicted octanol–water partition coefficient (Wildman–Crippen LogP) is 3.39. The zero-order valence-corrected chi connectivity index (χ0v) is 12.3. The molecule has 0 aliphatic carbocycles. The third-order valence-electron chi connectivity index (χ3n) is 2.59. The minimum Gasteiger partial charge on any atom is -0.329 e. The minimum atomic E-state index is 0.657. The highest BCUT2D eigenvalue weighted by Crippen LogP contribution is 2.22. The molecule has 5 heteroatoms. The van der Waals surface area contributed by atoms with Crippen LogP contribution in [-0.2, 0) is 13.1 Å². The molecule has 0 amide bonds. The summed E-state index contributed by atoms with van der Waals surface area (Å²) in [4.78, 5) is 5.64. The quantitative estimate of drug-likeness (QED) is 0.881. The van der Waals surface area contributed by atoms with E-state index in [0.29, 0.717) is 5.92 Å². The topological polar surface area (TPSA) is 29.9 Å². The SMILES string of the molecule is CC(C)CNCc1nccn1Cc1ccc(Cl)s1. The minimum absolute atomic E-state index is 0.657. The van der Waals surface area contributed by atoms with Gasteiger partial charge < -0.3 is 9.88 Å². The van der Waals surface area contributed by atoms with Crippen molar-refractivity contribution >= 4 is 22.9 Å². The molecule has 2 aromatic heterocycles. The third kappa shape index (κ3) is 3.83. The van der Waals surface area contributed by atoms with Gasteiger partial charge in [-0.25, -0.2) is 4.98 Å². The van der Waals surface area contributed by atoms with Crippen molar-refractivity contribution in [3.8, 4) is 0 Å². The molecule has 0 unspecified atom stereocenters. The summed E-state index contributed by atoms with van der Waals surface area (Å²) in [6, 6.07) is 4.01. The van der Waals surface area contributed by atoms with E-state index >= 15 is 0 Å². The fourth-order valence-electron chi connectivity index (χ4n) is 1.73. The van der Waals surface area contributed by atoms with Crippen LogP contribution < -0.4 is 5.32 Å². The van der Waals surface area contributed by atoms with E-state index in [4.69, 9.17) is 11.6 Å². The smallest absolute Gasteiger partial charge is 0.122 e. The van der Waals surface area contributed by atoms with Crippen LogP contribution in [0.4, 0.5) is 0 Å². The Balaban J connectivity index is 1.95. The fourth-order valence-corrected chi connectivity index (χ4v) is 2.82. The van der Waals surface area contributed by atoms with Gasteiger partial charge >= 0.3 is 0 Å². The third-order valence-corrected chi connectivity index (χ3v) is 3.81. The van der Waals surface area contributed by atoms with E-state index in [1.165, 1.54) is 4.88 Å². The van der Waals surface area contributed by atoms with Gasteiger partial charge in [-0.05, 0) is 24.6 Å². The summed E-state index contributed by atoms with van der Waals surface area (Å²) in [6.07, 6.45) is 3.86. The molecule has 0 saturated carbocycles. The molecule has 18 heavy (non-hydrogen) atoms. The van der Waals surface area contributed by atoms with Crippen molar-refractivity contribution in [3.05, 3.63) is 39.6 Å². The van der Waals surface area contributed by atoms with Crippen LogP contribution in [0.25, 0.3) is 0 Å². The largest absolute Gasteiger partial charge is 0.329 e. The molecule has 2 heterocycles.